The minimum absolute atomic E-state index is 1.02. The van der Waals surface area contributed by atoms with Crippen LogP contribution in [0.1, 0.15) is 42.4 Å². The van der Waals surface area contributed by atoms with E-state index in [0.29, 0.717) is 0 Å². The van der Waals surface area contributed by atoms with Gasteiger partial charge in [0.15, 0.2) is 0 Å². The molecule has 94 valence electrons. The zero-order valence-corrected chi connectivity index (χ0v) is 12.4. The lowest BCUT2D eigenvalue weighted by molar-refractivity contribution is 0.670. The predicted molar refractivity (Wildman–Crippen MR) is 83.4 cm³/mol. The van der Waals surface area contributed by atoms with Crippen molar-refractivity contribution >= 4 is 22.7 Å². The second-order valence-electron chi connectivity index (χ2n) is 4.38. The predicted octanol–water partition coefficient (Wildman–Crippen LogP) is 5.58. The third-order valence-electron chi connectivity index (χ3n) is 2.93. The largest absolute Gasteiger partial charge is 0.139 e. The molecule has 0 radical (unpaired) electrons. The van der Waals surface area contributed by atoms with Gasteiger partial charge in [0.05, 0.1) is 4.88 Å². The van der Waals surface area contributed by atoms with Gasteiger partial charge in [-0.2, -0.15) is 0 Å². The van der Waals surface area contributed by atoms with Crippen molar-refractivity contribution in [3.05, 3.63) is 34.0 Å². The van der Waals surface area contributed by atoms with Crippen molar-refractivity contribution in [1.29, 1.82) is 0 Å². The summed E-state index contributed by atoms with van der Waals surface area (Å²) in [5.74, 6) is 2.70. The molecule has 0 bridgehead atoms. The van der Waals surface area contributed by atoms with Gasteiger partial charge >= 0.3 is 0 Å². The van der Waals surface area contributed by atoms with Crippen molar-refractivity contribution in [3.8, 4) is 22.1 Å². The van der Waals surface area contributed by atoms with Gasteiger partial charge in [-0.1, -0.05) is 32.1 Å². The van der Waals surface area contributed by atoms with Crippen molar-refractivity contribution in [2.24, 2.45) is 0 Å². The number of rotatable bonds is 6. The summed E-state index contributed by atoms with van der Waals surface area (Å²) in [7, 11) is 0. The second kappa shape index (κ2) is 6.78. The summed E-state index contributed by atoms with van der Waals surface area (Å²) in [4.78, 5) is 5.17. The molecule has 0 nitrogen and oxygen atoms in total. The Balaban J connectivity index is 1.95. The topological polar surface area (TPSA) is 0 Å². The van der Waals surface area contributed by atoms with E-state index in [1.165, 1.54) is 46.7 Å². The van der Waals surface area contributed by atoms with E-state index in [0.717, 1.165) is 4.88 Å². The van der Waals surface area contributed by atoms with Gasteiger partial charge in [-0.05, 0) is 37.1 Å². The van der Waals surface area contributed by atoms with Crippen LogP contribution in [-0.2, 0) is 6.42 Å². The molecule has 0 unspecified atom stereocenters. The number of unbranched alkanes of at least 4 members (excludes halogenated alkanes) is 3. The van der Waals surface area contributed by atoms with E-state index in [1.807, 2.05) is 17.4 Å². The Morgan fingerprint density at radius 3 is 2.50 bits per heavy atom. The Morgan fingerprint density at radius 2 is 1.78 bits per heavy atom. The normalized spacial score (nSPS) is 10.4. The lowest BCUT2D eigenvalue weighted by Crippen LogP contribution is -1.80. The van der Waals surface area contributed by atoms with Gasteiger partial charge in [0.1, 0.15) is 0 Å². The minimum Gasteiger partial charge on any atom is -0.139 e. The van der Waals surface area contributed by atoms with Crippen LogP contribution in [0.4, 0.5) is 0 Å². The molecule has 0 amide bonds. The fourth-order valence-corrected chi connectivity index (χ4v) is 3.87. The van der Waals surface area contributed by atoms with Crippen LogP contribution in [0.2, 0.25) is 0 Å². The van der Waals surface area contributed by atoms with Crippen LogP contribution < -0.4 is 0 Å². The van der Waals surface area contributed by atoms with Gasteiger partial charge in [-0.15, -0.1) is 29.1 Å². The maximum atomic E-state index is 5.40. The Kier molecular flexibility index (Phi) is 5.04. The van der Waals surface area contributed by atoms with Gasteiger partial charge in [0.2, 0.25) is 0 Å². The molecule has 0 aliphatic rings. The molecular weight excluding hydrogens is 256 g/mol. The van der Waals surface area contributed by atoms with E-state index >= 15 is 0 Å². The molecule has 2 aromatic heterocycles. The zero-order valence-electron chi connectivity index (χ0n) is 10.7. The number of terminal acetylenes is 1. The van der Waals surface area contributed by atoms with E-state index in [2.05, 4.69) is 31.0 Å². The average molecular weight is 274 g/mol. The maximum Gasteiger partial charge on any atom is 0.0772 e. The molecule has 0 spiro atoms. The number of aryl methyl sites for hydroxylation is 1. The molecule has 0 saturated heterocycles. The van der Waals surface area contributed by atoms with Crippen LogP contribution in [0.15, 0.2) is 24.3 Å². The Morgan fingerprint density at radius 1 is 1.00 bits per heavy atom. The summed E-state index contributed by atoms with van der Waals surface area (Å²) in [5, 5.41) is 0. The third kappa shape index (κ3) is 3.48. The first-order chi connectivity index (χ1) is 8.83. The highest BCUT2D eigenvalue weighted by Gasteiger charge is 2.05. The quantitative estimate of drug-likeness (QED) is 0.476. The first-order valence-corrected chi connectivity index (χ1v) is 8.12. The number of thiophene rings is 2. The van der Waals surface area contributed by atoms with Crippen LogP contribution in [0.5, 0.6) is 0 Å². The van der Waals surface area contributed by atoms with Crippen molar-refractivity contribution in [2.45, 2.75) is 39.0 Å². The first-order valence-electron chi connectivity index (χ1n) is 6.49. The van der Waals surface area contributed by atoms with Gasteiger partial charge in [-0.25, -0.2) is 0 Å². The third-order valence-corrected chi connectivity index (χ3v) is 5.29. The lowest BCUT2D eigenvalue weighted by atomic mass is 10.1. The minimum atomic E-state index is 1.02. The Labute approximate surface area is 118 Å². The van der Waals surface area contributed by atoms with Crippen molar-refractivity contribution in [3.63, 3.8) is 0 Å². The molecule has 18 heavy (non-hydrogen) atoms. The molecule has 0 aliphatic carbocycles. The van der Waals surface area contributed by atoms with E-state index in [1.54, 1.807) is 11.3 Å². The standard InChI is InChI=1S/C16H18S2/c1-3-5-6-7-8-14-10-12-16(18-14)15-11-9-13(4-2)17-15/h2,9-12H,3,5-8H2,1H3. The number of hydrogen-bond donors (Lipinski definition) is 0. The zero-order chi connectivity index (χ0) is 12.8. The first kappa shape index (κ1) is 13.4. The van der Waals surface area contributed by atoms with Crippen molar-refractivity contribution in [2.75, 3.05) is 0 Å². The SMILES string of the molecule is C#Cc1ccc(-c2ccc(CCCCCC)s2)s1. The fourth-order valence-electron chi connectivity index (χ4n) is 1.92. The molecule has 2 rings (SSSR count). The summed E-state index contributed by atoms with van der Waals surface area (Å²) in [6.07, 6.45) is 12.0. The summed E-state index contributed by atoms with van der Waals surface area (Å²) in [5.41, 5.74) is 0. The molecule has 2 aromatic rings. The monoisotopic (exact) mass is 274 g/mol. The fraction of sp³-hybridized carbons (Fsp3) is 0.375. The average Bonchev–Trinajstić information content (AvgIpc) is 3.03. The number of hydrogen-bond acceptors (Lipinski definition) is 2. The highest BCUT2D eigenvalue weighted by molar-refractivity contribution is 7.22. The molecule has 0 fully saturated rings. The second-order valence-corrected chi connectivity index (χ2v) is 6.64. The summed E-state index contributed by atoms with van der Waals surface area (Å²) < 4.78 is 0. The van der Waals surface area contributed by atoms with Gasteiger partial charge in [-0.3, -0.25) is 0 Å². The van der Waals surface area contributed by atoms with Crippen LogP contribution in [0.3, 0.4) is 0 Å². The summed E-state index contributed by atoms with van der Waals surface area (Å²) >= 11 is 3.62. The smallest absolute Gasteiger partial charge is 0.0772 e. The molecule has 2 heteroatoms. The van der Waals surface area contributed by atoms with Gasteiger partial charge < -0.3 is 0 Å². The summed E-state index contributed by atoms with van der Waals surface area (Å²) in [6, 6.07) is 8.65. The van der Waals surface area contributed by atoms with Crippen molar-refractivity contribution < 1.29 is 0 Å². The molecule has 0 atom stereocenters. The highest BCUT2D eigenvalue weighted by atomic mass is 32.1. The van der Waals surface area contributed by atoms with E-state index in [-0.39, 0.29) is 0 Å². The lowest BCUT2D eigenvalue weighted by Gasteiger charge is -1.96. The van der Waals surface area contributed by atoms with Crippen LogP contribution >= 0.6 is 22.7 Å². The molecule has 2 heterocycles. The molecule has 0 aromatic carbocycles. The van der Waals surface area contributed by atoms with Gasteiger partial charge in [0, 0.05) is 14.6 Å². The van der Waals surface area contributed by atoms with Crippen LogP contribution in [-0.4, -0.2) is 0 Å². The Hall–Kier alpha value is -1.04. The molecular formula is C16H18S2. The van der Waals surface area contributed by atoms with E-state index in [4.69, 9.17) is 6.42 Å². The van der Waals surface area contributed by atoms with E-state index in [9.17, 15) is 0 Å². The molecule has 0 aliphatic heterocycles. The molecule has 0 N–H and O–H groups in total. The van der Waals surface area contributed by atoms with Crippen molar-refractivity contribution in [1.82, 2.24) is 0 Å². The maximum absolute atomic E-state index is 5.40. The van der Waals surface area contributed by atoms with Crippen LogP contribution in [0, 0.1) is 12.3 Å². The van der Waals surface area contributed by atoms with Crippen LogP contribution in [0.25, 0.3) is 9.75 Å². The van der Waals surface area contributed by atoms with Gasteiger partial charge in [0.25, 0.3) is 0 Å². The van der Waals surface area contributed by atoms with E-state index < -0.39 is 0 Å². The summed E-state index contributed by atoms with van der Waals surface area (Å²) in [6.45, 7) is 2.25. The Bertz CT molecular complexity index is 525. The highest BCUT2D eigenvalue weighted by Crippen LogP contribution is 2.33. The molecule has 0 saturated carbocycles.